The minimum atomic E-state index is 0.00540. The molecule has 1 aromatic rings. The Morgan fingerprint density at radius 3 is 2.09 bits per heavy atom. The average molecular weight is 170 g/mol. The normalized spacial score (nSPS) is 11.4. The first-order valence-corrected chi connectivity index (χ1v) is 5.85. The minimum absolute atomic E-state index is 0.00540. The van der Waals surface area contributed by atoms with Gasteiger partial charge >= 0.3 is 0 Å². The van der Waals surface area contributed by atoms with Crippen LogP contribution in [-0.2, 0) is 6.61 Å². The molecule has 0 saturated carbocycles. The van der Waals surface area contributed by atoms with E-state index in [0.29, 0.717) is 0 Å². The van der Waals surface area contributed by atoms with Crippen LogP contribution in [0.15, 0.2) is 29.2 Å². The Hall–Kier alpha value is -0.470. The Bertz CT molecular complexity index is 216. The molecule has 1 nitrogen and oxygen atoms in total. The fraction of sp³-hybridized carbons (Fsp3) is 0.333. The first kappa shape index (κ1) is 8.62. The highest BCUT2D eigenvalue weighted by Crippen LogP contribution is 2.27. The second-order valence-corrected chi connectivity index (χ2v) is 5.02. The third kappa shape index (κ3) is 2.24. The molecular weight excluding hydrogens is 156 g/mol. The van der Waals surface area contributed by atoms with Crippen LogP contribution in [0.4, 0.5) is 0 Å². The predicted molar refractivity (Wildman–Crippen MR) is 51.5 cm³/mol. The topological polar surface area (TPSA) is 20.2 Å². The molecule has 11 heavy (non-hydrogen) atoms. The van der Waals surface area contributed by atoms with Gasteiger partial charge in [0.15, 0.2) is 0 Å². The lowest BCUT2D eigenvalue weighted by atomic mass is 10.2. The predicted octanol–water partition coefficient (Wildman–Crippen LogP) is 1.80. The van der Waals surface area contributed by atoms with Crippen molar-refractivity contribution in [3.05, 3.63) is 29.8 Å². The smallest absolute Gasteiger partial charge is 0.0681 e. The Kier molecular flexibility index (Phi) is 2.97. The maximum atomic E-state index is 8.77. The van der Waals surface area contributed by atoms with E-state index in [1.807, 2.05) is 12.1 Å². The highest BCUT2D eigenvalue weighted by Gasteiger charge is 1.93. The van der Waals surface area contributed by atoms with Crippen molar-refractivity contribution in [2.24, 2.45) is 0 Å². The summed E-state index contributed by atoms with van der Waals surface area (Å²) < 4.78 is 0. The summed E-state index contributed by atoms with van der Waals surface area (Å²) in [6, 6.07) is 8.16. The largest absolute Gasteiger partial charge is 0.392 e. The van der Waals surface area contributed by atoms with Crippen LogP contribution in [-0.4, -0.2) is 17.6 Å². The molecule has 0 aromatic heterocycles. The lowest BCUT2D eigenvalue weighted by Gasteiger charge is -2.08. The van der Waals surface area contributed by atoms with Crippen LogP contribution in [0.2, 0.25) is 0 Å². The summed E-state index contributed by atoms with van der Waals surface area (Å²) in [7, 11) is 0.00540. The maximum absolute atomic E-state index is 8.77. The average Bonchev–Trinajstić information content (AvgIpc) is 2.05. The Morgan fingerprint density at radius 2 is 1.73 bits per heavy atom. The molecule has 0 aliphatic rings. The second-order valence-electron chi connectivity index (χ2n) is 2.72. The van der Waals surface area contributed by atoms with E-state index < -0.39 is 0 Å². The molecule has 2 heteroatoms. The summed E-state index contributed by atoms with van der Waals surface area (Å²) in [5.41, 5.74) is 0.991. The van der Waals surface area contributed by atoms with Crippen LogP contribution in [0.5, 0.6) is 0 Å². The van der Waals surface area contributed by atoms with Crippen LogP contribution in [0.1, 0.15) is 5.56 Å². The van der Waals surface area contributed by atoms with E-state index in [9.17, 15) is 0 Å². The summed E-state index contributed by atoms with van der Waals surface area (Å²) in [5, 5.41) is 8.77. The molecule has 0 amide bonds. The zero-order valence-electron chi connectivity index (χ0n) is 6.91. The molecule has 0 fully saturated rings. The Morgan fingerprint density at radius 1 is 1.18 bits per heavy atom. The van der Waals surface area contributed by atoms with Gasteiger partial charge in [0.1, 0.15) is 0 Å². The molecule has 1 aromatic carbocycles. The van der Waals surface area contributed by atoms with E-state index in [1.54, 1.807) is 0 Å². The molecule has 62 valence electrons. The van der Waals surface area contributed by atoms with Gasteiger partial charge in [-0.2, -0.15) is 0 Å². The quantitative estimate of drug-likeness (QED) is 0.648. The van der Waals surface area contributed by atoms with Crippen molar-refractivity contribution >= 4 is 10.9 Å². The fourth-order valence-electron chi connectivity index (χ4n) is 0.899. The number of hydrogen-bond acceptors (Lipinski definition) is 1. The number of aliphatic hydroxyl groups excluding tert-OH is 1. The molecule has 0 aliphatic carbocycles. The van der Waals surface area contributed by atoms with E-state index in [1.165, 1.54) is 4.90 Å². The van der Waals surface area contributed by atoms with Gasteiger partial charge in [-0.3, -0.25) is 0 Å². The molecule has 1 rings (SSSR count). The van der Waals surface area contributed by atoms with Gasteiger partial charge in [-0.1, -0.05) is 12.1 Å². The van der Waals surface area contributed by atoms with Gasteiger partial charge < -0.3 is 5.11 Å². The molecule has 0 atom stereocenters. The fourth-order valence-corrected chi connectivity index (χ4v) is 1.64. The van der Waals surface area contributed by atoms with E-state index in [4.69, 9.17) is 5.11 Å². The van der Waals surface area contributed by atoms with Gasteiger partial charge in [0.2, 0.25) is 0 Å². The molecule has 1 N–H and O–H groups in total. The van der Waals surface area contributed by atoms with E-state index >= 15 is 0 Å². The zero-order valence-corrected chi connectivity index (χ0v) is 7.81. The molecule has 0 heterocycles. The van der Waals surface area contributed by atoms with E-state index in [2.05, 4.69) is 24.6 Å². The van der Waals surface area contributed by atoms with Crippen LogP contribution < -0.4 is 0 Å². The van der Waals surface area contributed by atoms with Crippen molar-refractivity contribution in [1.82, 2.24) is 0 Å². The summed E-state index contributed by atoms with van der Waals surface area (Å²) in [6.45, 7) is 0.144. The summed E-state index contributed by atoms with van der Waals surface area (Å²) in [4.78, 5) is 1.39. The molecule has 0 unspecified atom stereocenters. The van der Waals surface area contributed by atoms with Crippen molar-refractivity contribution < 1.29 is 5.11 Å². The monoisotopic (exact) mass is 170 g/mol. The lowest BCUT2D eigenvalue weighted by molar-refractivity contribution is 0.282. The Labute approximate surface area is 70.4 Å². The standard InChI is InChI=1S/C9H14OS/c1-11(2)9-5-3-8(7-10)4-6-9/h3-6,10-11H,7H2,1-2H3. The van der Waals surface area contributed by atoms with Crippen molar-refractivity contribution in [2.75, 3.05) is 12.5 Å². The molecule has 0 spiro atoms. The SMILES string of the molecule is C[SH](C)c1ccc(CO)cc1. The number of rotatable bonds is 2. The molecule has 0 saturated heterocycles. The molecule has 0 aliphatic heterocycles. The van der Waals surface area contributed by atoms with Crippen molar-refractivity contribution in [1.29, 1.82) is 0 Å². The van der Waals surface area contributed by atoms with Crippen LogP contribution in [0.3, 0.4) is 0 Å². The number of thiol groups is 1. The van der Waals surface area contributed by atoms with Crippen LogP contribution in [0.25, 0.3) is 0 Å². The number of benzene rings is 1. The lowest BCUT2D eigenvalue weighted by Crippen LogP contribution is -1.83. The van der Waals surface area contributed by atoms with Crippen molar-refractivity contribution in [2.45, 2.75) is 11.5 Å². The zero-order chi connectivity index (χ0) is 8.27. The first-order chi connectivity index (χ1) is 5.24. The van der Waals surface area contributed by atoms with Gasteiger partial charge in [0, 0.05) is 0 Å². The molecule has 0 radical (unpaired) electrons. The van der Waals surface area contributed by atoms with E-state index in [-0.39, 0.29) is 17.5 Å². The number of hydrogen-bond donors (Lipinski definition) is 2. The summed E-state index contributed by atoms with van der Waals surface area (Å²) >= 11 is 0. The third-order valence-corrected chi connectivity index (χ3v) is 2.97. The highest BCUT2D eigenvalue weighted by molar-refractivity contribution is 8.15. The van der Waals surface area contributed by atoms with Crippen molar-refractivity contribution in [3.8, 4) is 0 Å². The summed E-state index contributed by atoms with van der Waals surface area (Å²) in [6.07, 6.45) is 4.45. The number of aliphatic hydroxyl groups is 1. The van der Waals surface area contributed by atoms with Crippen molar-refractivity contribution in [3.63, 3.8) is 0 Å². The molecule has 0 bridgehead atoms. The van der Waals surface area contributed by atoms with Gasteiger partial charge in [0.05, 0.1) is 6.61 Å². The summed E-state index contributed by atoms with van der Waals surface area (Å²) in [5.74, 6) is 0. The molecular formula is C9H14OS. The highest BCUT2D eigenvalue weighted by atomic mass is 32.2. The van der Waals surface area contributed by atoms with Gasteiger partial charge in [-0.25, -0.2) is 10.9 Å². The van der Waals surface area contributed by atoms with Crippen LogP contribution in [0, 0.1) is 0 Å². The third-order valence-electron chi connectivity index (χ3n) is 1.64. The second kappa shape index (κ2) is 3.79. The minimum Gasteiger partial charge on any atom is -0.392 e. The van der Waals surface area contributed by atoms with E-state index in [0.717, 1.165) is 5.56 Å². The Balaban J connectivity index is 2.83. The first-order valence-electron chi connectivity index (χ1n) is 3.61. The van der Waals surface area contributed by atoms with Gasteiger partial charge in [-0.05, 0) is 35.1 Å². The van der Waals surface area contributed by atoms with Crippen LogP contribution >= 0.6 is 10.9 Å². The van der Waals surface area contributed by atoms with Gasteiger partial charge in [-0.15, -0.1) is 0 Å². The van der Waals surface area contributed by atoms with Gasteiger partial charge in [0.25, 0.3) is 0 Å². The maximum Gasteiger partial charge on any atom is 0.0681 e.